The minimum Gasteiger partial charge on any atom is -0.292 e. The molecule has 14 heavy (non-hydrogen) atoms. The fourth-order valence-electron chi connectivity index (χ4n) is 1.04. The maximum Gasteiger partial charge on any atom is 0.133 e. The molecule has 0 aromatic heterocycles. The van der Waals surface area contributed by atoms with E-state index in [0.29, 0.717) is 10.6 Å². The second kappa shape index (κ2) is 5.76. The average Bonchev–Trinajstić information content (AvgIpc) is 2.16. The van der Waals surface area contributed by atoms with E-state index >= 15 is 0 Å². The van der Waals surface area contributed by atoms with Crippen LogP contribution in [0.5, 0.6) is 0 Å². The molecular formula is C11H13ClFN. The maximum absolute atomic E-state index is 13.2. The van der Waals surface area contributed by atoms with Crippen LogP contribution in [-0.4, -0.2) is 12.8 Å². The van der Waals surface area contributed by atoms with Gasteiger partial charge in [-0.1, -0.05) is 31.0 Å². The van der Waals surface area contributed by atoms with Gasteiger partial charge in [-0.15, -0.1) is 0 Å². The van der Waals surface area contributed by atoms with Gasteiger partial charge in [-0.2, -0.15) is 0 Å². The highest BCUT2D eigenvalue weighted by Crippen LogP contribution is 2.16. The molecule has 76 valence electrons. The largest absolute Gasteiger partial charge is 0.292 e. The topological polar surface area (TPSA) is 12.4 Å². The SMILES string of the molecule is CCCC/N=C/c1c(F)cccc1Cl. The summed E-state index contributed by atoms with van der Waals surface area (Å²) in [6.45, 7) is 2.81. The summed E-state index contributed by atoms with van der Waals surface area (Å²) in [6.07, 6.45) is 3.61. The summed E-state index contributed by atoms with van der Waals surface area (Å²) in [4.78, 5) is 4.10. The predicted molar refractivity (Wildman–Crippen MR) is 58.8 cm³/mol. The fraction of sp³-hybridized carbons (Fsp3) is 0.364. The summed E-state index contributed by atoms with van der Waals surface area (Å²) in [6, 6.07) is 4.62. The van der Waals surface area contributed by atoms with E-state index in [-0.39, 0.29) is 5.82 Å². The van der Waals surface area contributed by atoms with Crippen LogP contribution in [0.15, 0.2) is 23.2 Å². The lowest BCUT2D eigenvalue weighted by molar-refractivity contribution is 0.626. The number of nitrogens with zero attached hydrogens (tertiary/aromatic N) is 1. The molecule has 1 nitrogen and oxygen atoms in total. The van der Waals surface area contributed by atoms with Gasteiger partial charge in [0.05, 0.1) is 5.02 Å². The molecule has 0 N–H and O–H groups in total. The smallest absolute Gasteiger partial charge is 0.133 e. The van der Waals surface area contributed by atoms with Crippen LogP contribution in [0.25, 0.3) is 0 Å². The Morgan fingerprint density at radius 3 is 2.93 bits per heavy atom. The van der Waals surface area contributed by atoms with E-state index < -0.39 is 0 Å². The molecule has 0 unspecified atom stereocenters. The molecule has 0 saturated heterocycles. The van der Waals surface area contributed by atoms with Crippen LogP contribution in [0.2, 0.25) is 5.02 Å². The molecule has 0 amide bonds. The number of hydrogen-bond acceptors (Lipinski definition) is 1. The van der Waals surface area contributed by atoms with E-state index in [1.54, 1.807) is 12.1 Å². The second-order valence-corrected chi connectivity index (χ2v) is 3.43. The summed E-state index contributed by atoms with van der Waals surface area (Å²) in [5.74, 6) is -0.322. The summed E-state index contributed by atoms with van der Waals surface area (Å²) in [5, 5.41) is 0.408. The average molecular weight is 214 g/mol. The van der Waals surface area contributed by atoms with Crippen molar-refractivity contribution in [3.63, 3.8) is 0 Å². The van der Waals surface area contributed by atoms with E-state index in [1.165, 1.54) is 12.3 Å². The van der Waals surface area contributed by atoms with Gasteiger partial charge in [0.1, 0.15) is 5.82 Å². The normalized spacial score (nSPS) is 11.1. The van der Waals surface area contributed by atoms with E-state index in [4.69, 9.17) is 11.6 Å². The molecule has 1 aromatic carbocycles. The molecular weight excluding hydrogens is 201 g/mol. The number of rotatable bonds is 4. The third-order valence-corrected chi connectivity index (χ3v) is 2.19. The first-order chi connectivity index (χ1) is 6.75. The minimum atomic E-state index is -0.322. The van der Waals surface area contributed by atoms with Gasteiger partial charge < -0.3 is 0 Å². The van der Waals surface area contributed by atoms with Gasteiger partial charge >= 0.3 is 0 Å². The number of unbranched alkanes of at least 4 members (excludes halogenated alkanes) is 1. The standard InChI is InChI=1S/C11H13ClFN/c1-2-3-7-14-8-9-10(12)5-4-6-11(9)13/h4-6,8H,2-3,7H2,1H3/b14-8+. The van der Waals surface area contributed by atoms with Crippen LogP contribution >= 0.6 is 11.6 Å². The lowest BCUT2D eigenvalue weighted by atomic mass is 10.2. The minimum absolute atomic E-state index is 0.322. The molecule has 0 aliphatic heterocycles. The molecule has 3 heteroatoms. The van der Waals surface area contributed by atoms with Crippen molar-refractivity contribution in [3.8, 4) is 0 Å². The van der Waals surface area contributed by atoms with Crippen LogP contribution < -0.4 is 0 Å². The predicted octanol–water partition coefficient (Wildman–Crippen LogP) is 3.70. The Bertz CT molecular complexity index is 303. The summed E-state index contributed by atoms with van der Waals surface area (Å²) < 4.78 is 13.2. The molecule has 0 aliphatic rings. The van der Waals surface area contributed by atoms with Gasteiger partial charge in [0.2, 0.25) is 0 Å². The first kappa shape index (κ1) is 11.2. The Hall–Kier alpha value is -0.890. The third-order valence-electron chi connectivity index (χ3n) is 1.86. The van der Waals surface area contributed by atoms with Gasteiger partial charge in [0.15, 0.2) is 0 Å². The first-order valence-electron chi connectivity index (χ1n) is 4.69. The lowest BCUT2D eigenvalue weighted by Gasteiger charge is -1.98. The molecule has 0 bridgehead atoms. The zero-order valence-electron chi connectivity index (χ0n) is 8.13. The molecule has 0 fully saturated rings. The van der Waals surface area contributed by atoms with Crippen molar-refractivity contribution in [2.45, 2.75) is 19.8 Å². The lowest BCUT2D eigenvalue weighted by Crippen LogP contribution is -1.90. The van der Waals surface area contributed by atoms with Crippen molar-refractivity contribution in [3.05, 3.63) is 34.6 Å². The number of benzene rings is 1. The van der Waals surface area contributed by atoms with E-state index in [1.807, 2.05) is 0 Å². The summed E-state index contributed by atoms with van der Waals surface area (Å²) in [7, 11) is 0. The molecule has 0 aliphatic carbocycles. The van der Waals surface area contributed by atoms with Crippen LogP contribution in [0.4, 0.5) is 4.39 Å². The van der Waals surface area contributed by atoms with E-state index in [9.17, 15) is 4.39 Å². The Morgan fingerprint density at radius 2 is 2.29 bits per heavy atom. The Kier molecular flexibility index (Phi) is 4.60. The highest BCUT2D eigenvalue weighted by atomic mass is 35.5. The van der Waals surface area contributed by atoms with Crippen LogP contribution in [0.3, 0.4) is 0 Å². The number of hydrogen-bond donors (Lipinski definition) is 0. The van der Waals surface area contributed by atoms with Gasteiger partial charge in [-0.3, -0.25) is 4.99 Å². The fourth-order valence-corrected chi connectivity index (χ4v) is 1.25. The van der Waals surface area contributed by atoms with Crippen molar-refractivity contribution >= 4 is 17.8 Å². The van der Waals surface area contributed by atoms with E-state index in [2.05, 4.69) is 11.9 Å². The molecule has 0 saturated carbocycles. The summed E-state index contributed by atoms with van der Waals surface area (Å²) in [5.41, 5.74) is 0.380. The maximum atomic E-state index is 13.2. The highest BCUT2D eigenvalue weighted by molar-refractivity contribution is 6.33. The number of halogens is 2. The zero-order chi connectivity index (χ0) is 10.4. The van der Waals surface area contributed by atoms with Gasteiger partial charge in [0.25, 0.3) is 0 Å². The molecule has 0 spiro atoms. The second-order valence-electron chi connectivity index (χ2n) is 3.02. The Balaban J connectivity index is 2.70. The number of aliphatic imine (C=N–C) groups is 1. The van der Waals surface area contributed by atoms with Crippen molar-refractivity contribution in [2.75, 3.05) is 6.54 Å². The highest BCUT2D eigenvalue weighted by Gasteiger charge is 2.02. The monoisotopic (exact) mass is 213 g/mol. The van der Waals surface area contributed by atoms with Crippen LogP contribution in [-0.2, 0) is 0 Å². The Labute approximate surface area is 88.6 Å². The van der Waals surface area contributed by atoms with Crippen molar-refractivity contribution in [2.24, 2.45) is 4.99 Å². The van der Waals surface area contributed by atoms with Crippen molar-refractivity contribution in [1.82, 2.24) is 0 Å². The molecule has 1 aromatic rings. The third kappa shape index (κ3) is 3.11. The van der Waals surface area contributed by atoms with Crippen molar-refractivity contribution in [1.29, 1.82) is 0 Å². The molecule has 0 radical (unpaired) electrons. The molecule has 0 heterocycles. The van der Waals surface area contributed by atoms with Gasteiger partial charge in [-0.25, -0.2) is 4.39 Å². The van der Waals surface area contributed by atoms with E-state index in [0.717, 1.165) is 19.4 Å². The zero-order valence-corrected chi connectivity index (χ0v) is 8.89. The summed E-state index contributed by atoms with van der Waals surface area (Å²) >= 11 is 5.81. The van der Waals surface area contributed by atoms with Crippen LogP contribution in [0.1, 0.15) is 25.3 Å². The Morgan fingerprint density at radius 1 is 1.50 bits per heavy atom. The molecule has 0 atom stereocenters. The quantitative estimate of drug-likeness (QED) is 0.534. The van der Waals surface area contributed by atoms with Crippen LogP contribution in [0, 0.1) is 5.82 Å². The van der Waals surface area contributed by atoms with Gasteiger partial charge in [0, 0.05) is 18.3 Å². The first-order valence-corrected chi connectivity index (χ1v) is 5.07. The van der Waals surface area contributed by atoms with Crippen molar-refractivity contribution < 1.29 is 4.39 Å². The molecule has 1 rings (SSSR count). The van der Waals surface area contributed by atoms with Gasteiger partial charge in [-0.05, 0) is 18.6 Å².